The molecule has 1 saturated heterocycles. The summed E-state index contributed by atoms with van der Waals surface area (Å²) in [7, 11) is -3.37. The highest BCUT2D eigenvalue weighted by Crippen LogP contribution is 2.09. The van der Waals surface area contributed by atoms with E-state index in [2.05, 4.69) is 10.0 Å². The Bertz CT molecular complexity index is 324. The highest BCUT2D eigenvalue weighted by molar-refractivity contribution is 7.87. The summed E-state index contributed by atoms with van der Waals surface area (Å²) in [5, 5.41) is 3.12. The minimum atomic E-state index is -3.37. The van der Waals surface area contributed by atoms with Gasteiger partial charge in [-0.05, 0) is 20.8 Å². The van der Waals surface area contributed by atoms with E-state index in [1.165, 1.54) is 4.31 Å². The van der Waals surface area contributed by atoms with Crippen LogP contribution in [0, 0.1) is 0 Å². The minimum absolute atomic E-state index is 0.285. The first-order chi connectivity index (χ1) is 7.87. The van der Waals surface area contributed by atoms with Gasteiger partial charge in [0.2, 0.25) is 0 Å². The van der Waals surface area contributed by atoms with Gasteiger partial charge in [0.15, 0.2) is 0 Å². The summed E-state index contributed by atoms with van der Waals surface area (Å²) < 4.78 is 33.5. The number of piperazine rings is 1. The van der Waals surface area contributed by atoms with Crippen LogP contribution < -0.4 is 10.0 Å². The first kappa shape index (κ1) is 14.8. The van der Waals surface area contributed by atoms with Gasteiger partial charge in [0.1, 0.15) is 0 Å². The van der Waals surface area contributed by atoms with E-state index in [-0.39, 0.29) is 6.54 Å². The second-order valence-corrected chi connectivity index (χ2v) is 6.42. The molecule has 1 aliphatic rings. The fraction of sp³-hybridized carbons (Fsp3) is 1.00. The van der Waals surface area contributed by atoms with Crippen molar-refractivity contribution < 1.29 is 13.2 Å². The Kier molecular flexibility index (Phi) is 5.33. The number of nitrogens with zero attached hydrogens (tertiary/aromatic N) is 1. The van der Waals surface area contributed by atoms with Crippen molar-refractivity contribution >= 4 is 10.2 Å². The summed E-state index contributed by atoms with van der Waals surface area (Å²) in [6, 6.07) is 0. The van der Waals surface area contributed by atoms with Gasteiger partial charge in [-0.2, -0.15) is 17.4 Å². The third-order valence-electron chi connectivity index (χ3n) is 2.63. The predicted molar refractivity (Wildman–Crippen MR) is 67.1 cm³/mol. The second kappa shape index (κ2) is 6.10. The Balaban J connectivity index is 2.49. The molecule has 6 nitrogen and oxygen atoms in total. The number of rotatable bonds is 6. The lowest BCUT2D eigenvalue weighted by atomic mass is 10.1. The first-order valence-electron chi connectivity index (χ1n) is 5.97. The molecule has 1 rings (SSSR count). The Hall–Kier alpha value is -0.210. The minimum Gasteiger partial charge on any atom is -0.374 e. The molecule has 1 heterocycles. The van der Waals surface area contributed by atoms with Crippen LogP contribution >= 0.6 is 0 Å². The molecule has 0 spiro atoms. The number of nitrogens with one attached hydrogen (secondary N) is 2. The van der Waals surface area contributed by atoms with Gasteiger partial charge in [0.25, 0.3) is 10.2 Å². The second-order valence-electron chi connectivity index (χ2n) is 4.67. The van der Waals surface area contributed by atoms with Crippen LogP contribution in [0.3, 0.4) is 0 Å². The third-order valence-corrected chi connectivity index (χ3v) is 4.19. The van der Waals surface area contributed by atoms with Gasteiger partial charge >= 0.3 is 0 Å². The Morgan fingerprint density at radius 3 is 2.47 bits per heavy atom. The normalized spacial score (nSPS) is 19.5. The van der Waals surface area contributed by atoms with E-state index in [1.807, 2.05) is 20.8 Å². The van der Waals surface area contributed by atoms with Crippen molar-refractivity contribution in [2.45, 2.75) is 26.4 Å². The number of hydrogen-bond acceptors (Lipinski definition) is 4. The van der Waals surface area contributed by atoms with E-state index in [9.17, 15) is 8.42 Å². The van der Waals surface area contributed by atoms with Gasteiger partial charge < -0.3 is 10.1 Å². The van der Waals surface area contributed by atoms with Crippen LogP contribution in [0.5, 0.6) is 0 Å². The van der Waals surface area contributed by atoms with Crippen LogP contribution in [-0.2, 0) is 14.9 Å². The van der Waals surface area contributed by atoms with Crippen molar-refractivity contribution in [2.75, 3.05) is 39.3 Å². The van der Waals surface area contributed by atoms with E-state index in [0.717, 1.165) is 0 Å². The summed E-state index contributed by atoms with van der Waals surface area (Å²) >= 11 is 0. The molecule has 7 heteroatoms. The molecule has 0 atom stereocenters. The monoisotopic (exact) mass is 265 g/mol. The van der Waals surface area contributed by atoms with Crippen molar-refractivity contribution in [1.29, 1.82) is 0 Å². The standard InChI is InChI=1S/C10H23N3O3S/c1-4-16-10(2,3)9-12-17(14,15)13-7-5-11-6-8-13/h11-12H,4-9H2,1-3H3. The largest absolute Gasteiger partial charge is 0.374 e. The number of hydrogen-bond donors (Lipinski definition) is 2. The SMILES string of the molecule is CCOC(C)(C)CNS(=O)(=O)N1CCNCC1. The van der Waals surface area contributed by atoms with E-state index in [4.69, 9.17) is 4.74 Å². The van der Waals surface area contributed by atoms with Gasteiger partial charge in [0, 0.05) is 39.3 Å². The fourth-order valence-corrected chi connectivity index (χ4v) is 3.06. The van der Waals surface area contributed by atoms with Gasteiger partial charge in [-0.3, -0.25) is 0 Å². The lowest BCUT2D eigenvalue weighted by molar-refractivity contribution is -0.00540. The summed E-state index contributed by atoms with van der Waals surface area (Å²) in [5.41, 5.74) is -0.476. The maximum Gasteiger partial charge on any atom is 0.279 e. The third kappa shape index (κ3) is 4.89. The zero-order valence-electron chi connectivity index (χ0n) is 10.8. The maximum atomic E-state index is 12.0. The quantitative estimate of drug-likeness (QED) is 0.682. The summed E-state index contributed by atoms with van der Waals surface area (Å²) in [6.07, 6.45) is 0. The molecule has 0 aromatic rings. The van der Waals surface area contributed by atoms with Crippen molar-refractivity contribution in [3.05, 3.63) is 0 Å². The van der Waals surface area contributed by atoms with E-state index in [0.29, 0.717) is 32.8 Å². The van der Waals surface area contributed by atoms with Gasteiger partial charge in [-0.25, -0.2) is 0 Å². The molecule has 2 N–H and O–H groups in total. The smallest absolute Gasteiger partial charge is 0.279 e. The molecular formula is C10H23N3O3S. The molecule has 1 fully saturated rings. The highest BCUT2D eigenvalue weighted by atomic mass is 32.2. The molecule has 0 radical (unpaired) electrons. The zero-order chi connectivity index (χ0) is 12.9. The molecule has 1 aliphatic heterocycles. The van der Waals surface area contributed by atoms with Crippen LogP contribution in [0.2, 0.25) is 0 Å². The van der Waals surface area contributed by atoms with Crippen molar-refractivity contribution in [1.82, 2.24) is 14.3 Å². The highest BCUT2D eigenvalue weighted by Gasteiger charge is 2.26. The lowest BCUT2D eigenvalue weighted by Gasteiger charge is -2.29. The van der Waals surface area contributed by atoms with Crippen LogP contribution in [-0.4, -0.2) is 57.7 Å². The average Bonchev–Trinajstić information content (AvgIpc) is 2.28. The van der Waals surface area contributed by atoms with E-state index >= 15 is 0 Å². The fourth-order valence-electron chi connectivity index (χ4n) is 1.68. The summed E-state index contributed by atoms with van der Waals surface area (Å²) in [6.45, 7) is 8.94. The number of ether oxygens (including phenoxy) is 1. The topological polar surface area (TPSA) is 70.7 Å². The lowest BCUT2D eigenvalue weighted by Crippen LogP contribution is -2.52. The van der Waals surface area contributed by atoms with E-state index in [1.54, 1.807) is 0 Å². The first-order valence-corrected chi connectivity index (χ1v) is 7.41. The van der Waals surface area contributed by atoms with Gasteiger partial charge in [-0.1, -0.05) is 0 Å². The Morgan fingerprint density at radius 2 is 1.94 bits per heavy atom. The maximum absolute atomic E-state index is 12.0. The molecule has 0 aromatic carbocycles. The van der Waals surface area contributed by atoms with Crippen LogP contribution in [0.1, 0.15) is 20.8 Å². The summed E-state index contributed by atoms with van der Waals surface area (Å²) in [4.78, 5) is 0. The zero-order valence-corrected chi connectivity index (χ0v) is 11.6. The van der Waals surface area contributed by atoms with Crippen molar-refractivity contribution in [3.63, 3.8) is 0 Å². The Labute approximate surface area is 104 Å². The van der Waals surface area contributed by atoms with Gasteiger partial charge in [0.05, 0.1) is 5.60 Å². The molecule has 0 bridgehead atoms. The molecule has 102 valence electrons. The van der Waals surface area contributed by atoms with Crippen LogP contribution in [0.15, 0.2) is 0 Å². The van der Waals surface area contributed by atoms with Crippen molar-refractivity contribution in [2.24, 2.45) is 0 Å². The Morgan fingerprint density at radius 1 is 1.35 bits per heavy atom. The molecule has 0 aromatic heterocycles. The predicted octanol–water partition coefficient (Wildman–Crippen LogP) is -0.459. The molecule has 0 amide bonds. The van der Waals surface area contributed by atoms with E-state index < -0.39 is 15.8 Å². The van der Waals surface area contributed by atoms with Crippen LogP contribution in [0.25, 0.3) is 0 Å². The average molecular weight is 265 g/mol. The molecule has 17 heavy (non-hydrogen) atoms. The molecule has 0 aliphatic carbocycles. The molecule has 0 saturated carbocycles. The molecular weight excluding hydrogens is 242 g/mol. The van der Waals surface area contributed by atoms with Gasteiger partial charge in [-0.15, -0.1) is 0 Å². The van der Waals surface area contributed by atoms with Crippen molar-refractivity contribution in [3.8, 4) is 0 Å². The summed E-state index contributed by atoms with van der Waals surface area (Å²) in [5.74, 6) is 0. The molecule has 0 unspecified atom stereocenters. The van der Waals surface area contributed by atoms with Crippen LogP contribution in [0.4, 0.5) is 0 Å².